The summed E-state index contributed by atoms with van der Waals surface area (Å²) in [5.41, 5.74) is 0.830. The Hall–Kier alpha value is -2.35. The molecule has 0 amide bonds. The molecule has 0 aliphatic rings. The van der Waals surface area contributed by atoms with Crippen LogP contribution in [0.15, 0.2) is 87.5 Å². The molecule has 0 atom stereocenters. The number of anilines is 1. The van der Waals surface area contributed by atoms with Gasteiger partial charge in [-0.05, 0) is 61.0 Å². The van der Waals surface area contributed by atoms with E-state index >= 15 is 0 Å². The molecule has 5 nitrogen and oxygen atoms in total. The molecule has 3 aromatic carbocycles. The summed E-state index contributed by atoms with van der Waals surface area (Å²) < 4.78 is 53.7. The van der Waals surface area contributed by atoms with E-state index in [-0.39, 0.29) is 14.7 Å². The molecule has 3 rings (SSSR count). The van der Waals surface area contributed by atoms with Crippen LogP contribution in [0.5, 0.6) is 0 Å². The number of para-hydroxylation sites is 1. The van der Waals surface area contributed by atoms with E-state index in [1.165, 1.54) is 42.5 Å². The van der Waals surface area contributed by atoms with Crippen LogP contribution < -0.4 is 4.72 Å². The van der Waals surface area contributed by atoms with E-state index in [1.54, 1.807) is 37.3 Å². The van der Waals surface area contributed by atoms with E-state index in [1.807, 2.05) is 0 Å². The SMILES string of the molecule is Cc1ccc(S(=O)(=O)c2ccc(Cl)cc2)cc1S(=O)(=O)Nc1ccccc1. The van der Waals surface area contributed by atoms with Crippen LogP contribution in [-0.4, -0.2) is 16.8 Å². The molecule has 3 aromatic rings. The molecule has 0 spiro atoms. The second-order valence-corrected chi connectivity index (χ2v) is 9.89. The molecule has 0 saturated carbocycles. The van der Waals surface area contributed by atoms with E-state index in [4.69, 9.17) is 11.6 Å². The van der Waals surface area contributed by atoms with Crippen molar-refractivity contribution < 1.29 is 16.8 Å². The maximum Gasteiger partial charge on any atom is 0.262 e. The highest BCUT2D eigenvalue weighted by Gasteiger charge is 2.23. The zero-order valence-corrected chi connectivity index (χ0v) is 16.6. The number of aryl methyl sites for hydroxylation is 1. The van der Waals surface area contributed by atoms with Crippen molar-refractivity contribution in [1.29, 1.82) is 0 Å². The van der Waals surface area contributed by atoms with Gasteiger partial charge in [0.1, 0.15) is 0 Å². The largest absolute Gasteiger partial charge is 0.280 e. The summed E-state index contributed by atoms with van der Waals surface area (Å²) in [6.07, 6.45) is 0. The average Bonchev–Trinajstić information content (AvgIpc) is 2.62. The number of hydrogen-bond donors (Lipinski definition) is 1. The Morgan fingerprint density at radius 2 is 1.37 bits per heavy atom. The van der Waals surface area contributed by atoms with Crippen molar-refractivity contribution >= 4 is 37.1 Å². The van der Waals surface area contributed by atoms with Gasteiger partial charge in [-0.3, -0.25) is 4.72 Å². The quantitative estimate of drug-likeness (QED) is 0.666. The lowest BCUT2D eigenvalue weighted by Crippen LogP contribution is -2.15. The molecule has 0 saturated heterocycles. The molecule has 140 valence electrons. The lowest BCUT2D eigenvalue weighted by molar-refractivity contribution is 0.595. The van der Waals surface area contributed by atoms with Crippen molar-refractivity contribution in [3.63, 3.8) is 0 Å². The summed E-state index contributed by atoms with van der Waals surface area (Å²) in [6.45, 7) is 1.61. The number of hydrogen-bond acceptors (Lipinski definition) is 4. The monoisotopic (exact) mass is 421 g/mol. The minimum absolute atomic E-state index is 0.0371. The third-order valence-electron chi connectivity index (χ3n) is 3.91. The van der Waals surface area contributed by atoms with Gasteiger partial charge >= 0.3 is 0 Å². The van der Waals surface area contributed by atoms with Gasteiger partial charge in [-0.15, -0.1) is 0 Å². The molecule has 1 N–H and O–H groups in total. The van der Waals surface area contributed by atoms with Gasteiger partial charge < -0.3 is 0 Å². The predicted molar refractivity (Wildman–Crippen MR) is 105 cm³/mol. The average molecular weight is 422 g/mol. The molecule has 0 heterocycles. The molecule has 8 heteroatoms. The van der Waals surface area contributed by atoms with Crippen LogP contribution in [0.2, 0.25) is 5.02 Å². The minimum atomic E-state index is -3.95. The topological polar surface area (TPSA) is 80.3 Å². The zero-order chi connectivity index (χ0) is 19.7. The fourth-order valence-corrected chi connectivity index (χ4v) is 5.32. The third kappa shape index (κ3) is 4.16. The maximum absolute atomic E-state index is 12.8. The summed E-state index contributed by atoms with van der Waals surface area (Å²) in [7, 11) is -7.83. The molecule has 0 fully saturated rings. The first-order chi connectivity index (χ1) is 12.7. The summed E-state index contributed by atoms with van der Waals surface area (Å²) in [4.78, 5) is -0.166. The fraction of sp³-hybridized carbons (Fsp3) is 0.0526. The molecular weight excluding hydrogens is 406 g/mol. The summed E-state index contributed by atoms with van der Waals surface area (Å²) in [6, 6.07) is 18.1. The van der Waals surface area contributed by atoms with Crippen LogP contribution in [0.3, 0.4) is 0 Å². The van der Waals surface area contributed by atoms with Gasteiger partial charge in [0.05, 0.1) is 14.7 Å². The third-order valence-corrected chi connectivity index (χ3v) is 7.45. The Bertz CT molecular complexity index is 1170. The van der Waals surface area contributed by atoms with Crippen LogP contribution in [0, 0.1) is 6.92 Å². The molecule has 0 aliphatic heterocycles. The number of nitrogens with one attached hydrogen (secondary N) is 1. The number of sulfone groups is 1. The van der Waals surface area contributed by atoms with E-state index in [9.17, 15) is 16.8 Å². The summed E-state index contributed by atoms with van der Waals surface area (Å²) >= 11 is 5.81. The number of sulfonamides is 1. The zero-order valence-electron chi connectivity index (χ0n) is 14.3. The van der Waals surface area contributed by atoms with Gasteiger partial charge in [0.2, 0.25) is 9.84 Å². The molecule has 0 unspecified atom stereocenters. The van der Waals surface area contributed by atoms with E-state index in [0.29, 0.717) is 16.3 Å². The van der Waals surface area contributed by atoms with Gasteiger partial charge in [0, 0.05) is 10.7 Å². The van der Waals surface area contributed by atoms with Gasteiger partial charge in [-0.25, -0.2) is 16.8 Å². The second kappa shape index (κ2) is 7.34. The highest BCUT2D eigenvalue weighted by Crippen LogP contribution is 2.27. The first-order valence-corrected chi connectivity index (χ1v) is 11.2. The molecule has 0 aliphatic carbocycles. The smallest absolute Gasteiger partial charge is 0.262 e. The molecule has 27 heavy (non-hydrogen) atoms. The fourth-order valence-electron chi connectivity index (χ4n) is 2.50. The van der Waals surface area contributed by atoms with Gasteiger partial charge in [-0.1, -0.05) is 35.9 Å². The Morgan fingerprint density at radius 1 is 0.778 bits per heavy atom. The Balaban J connectivity index is 2.05. The van der Waals surface area contributed by atoms with Crippen molar-refractivity contribution in [2.45, 2.75) is 21.6 Å². The molecule has 0 radical (unpaired) electrons. The van der Waals surface area contributed by atoms with Crippen LogP contribution in [0.4, 0.5) is 5.69 Å². The Morgan fingerprint density at radius 3 is 2.00 bits per heavy atom. The highest BCUT2D eigenvalue weighted by atomic mass is 35.5. The number of benzene rings is 3. The van der Waals surface area contributed by atoms with Gasteiger partial charge in [0.15, 0.2) is 0 Å². The van der Waals surface area contributed by atoms with Crippen molar-refractivity contribution in [3.05, 3.63) is 83.4 Å². The van der Waals surface area contributed by atoms with Crippen molar-refractivity contribution in [2.24, 2.45) is 0 Å². The Kier molecular flexibility index (Phi) is 5.28. The first-order valence-electron chi connectivity index (χ1n) is 7.89. The molecule has 0 bridgehead atoms. The van der Waals surface area contributed by atoms with Gasteiger partial charge in [-0.2, -0.15) is 0 Å². The summed E-state index contributed by atoms with van der Waals surface area (Å²) in [5, 5.41) is 0.410. The van der Waals surface area contributed by atoms with Crippen LogP contribution in [0.1, 0.15) is 5.56 Å². The van der Waals surface area contributed by atoms with Crippen molar-refractivity contribution in [3.8, 4) is 0 Å². The van der Waals surface area contributed by atoms with Crippen LogP contribution in [0.25, 0.3) is 0 Å². The molecule has 0 aromatic heterocycles. The lowest BCUT2D eigenvalue weighted by atomic mass is 10.2. The minimum Gasteiger partial charge on any atom is -0.280 e. The van der Waals surface area contributed by atoms with Crippen molar-refractivity contribution in [1.82, 2.24) is 0 Å². The normalized spacial score (nSPS) is 11.9. The lowest BCUT2D eigenvalue weighted by Gasteiger charge is -2.12. The van der Waals surface area contributed by atoms with E-state index in [0.717, 1.165) is 0 Å². The van der Waals surface area contributed by atoms with E-state index in [2.05, 4.69) is 4.72 Å². The number of halogens is 1. The standard InChI is InChI=1S/C19H16ClNO4S2/c1-14-7-10-18(26(22,23)17-11-8-15(20)9-12-17)13-19(14)27(24,25)21-16-5-3-2-4-6-16/h2-13,21H,1H3. The first kappa shape index (κ1) is 19.4. The summed E-state index contributed by atoms with van der Waals surface area (Å²) in [5.74, 6) is 0. The number of rotatable bonds is 5. The molecular formula is C19H16ClNO4S2. The second-order valence-electron chi connectivity index (χ2n) is 5.86. The van der Waals surface area contributed by atoms with Crippen molar-refractivity contribution in [2.75, 3.05) is 4.72 Å². The maximum atomic E-state index is 12.8. The highest BCUT2D eigenvalue weighted by molar-refractivity contribution is 7.93. The van der Waals surface area contributed by atoms with E-state index < -0.39 is 19.9 Å². The van der Waals surface area contributed by atoms with Gasteiger partial charge in [0.25, 0.3) is 10.0 Å². The van der Waals surface area contributed by atoms with Crippen LogP contribution in [-0.2, 0) is 19.9 Å². The predicted octanol–water partition coefficient (Wildman–Crippen LogP) is 4.28. The van der Waals surface area contributed by atoms with Crippen LogP contribution >= 0.6 is 11.6 Å². The Labute approximate surface area is 163 Å².